The Balaban J connectivity index is 1.91. The van der Waals surface area contributed by atoms with E-state index in [1.54, 1.807) is 0 Å². The number of likely N-dealkylation sites (tertiary alicyclic amines) is 1. The van der Waals surface area contributed by atoms with Crippen LogP contribution < -0.4 is 10.1 Å². The summed E-state index contributed by atoms with van der Waals surface area (Å²) in [4.78, 5) is 11.4. The van der Waals surface area contributed by atoms with Gasteiger partial charge in [-0.1, -0.05) is 6.92 Å². The topological polar surface area (TPSA) is 50.3 Å². The molecule has 118 valence electrons. The Hall–Kier alpha value is -1.36. The van der Waals surface area contributed by atoms with Crippen LogP contribution in [0.5, 0.6) is 5.88 Å². The van der Waals surface area contributed by atoms with Gasteiger partial charge >= 0.3 is 0 Å². The van der Waals surface area contributed by atoms with Gasteiger partial charge in [-0.3, -0.25) is 0 Å². The van der Waals surface area contributed by atoms with Crippen molar-refractivity contribution in [3.05, 3.63) is 11.9 Å². The molecule has 5 heteroatoms. The van der Waals surface area contributed by atoms with Crippen molar-refractivity contribution in [3.63, 3.8) is 0 Å². The van der Waals surface area contributed by atoms with E-state index in [-0.39, 0.29) is 0 Å². The van der Waals surface area contributed by atoms with Crippen LogP contribution in [-0.4, -0.2) is 47.7 Å². The molecule has 0 saturated carbocycles. The Labute approximate surface area is 128 Å². The lowest BCUT2D eigenvalue weighted by Gasteiger charge is -2.19. The van der Waals surface area contributed by atoms with Crippen LogP contribution in [0, 0.1) is 0 Å². The van der Waals surface area contributed by atoms with Crippen LogP contribution in [0.15, 0.2) is 6.07 Å². The normalized spacial score (nSPS) is 18.9. The van der Waals surface area contributed by atoms with Crippen LogP contribution in [-0.2, 0) is 6.42 Å². The number of nitrogens with one attached hydrogen (secondary N) is 1. The molecule has 21 heavy (non-hydrogen) atoms. The summed E-state index contributed by atoms with van der Waals surface area (Å²) < 4.78 is 5.87. The van der Waals surface area contributed by atoms with E-state index >= 15 is 0 Å². The average molecular weight is 292 g/mol. The van der Waals surface area contributed by atoms with Crippen LogP contribution in [0.4, 0.5) is 5.82 Å². The van der Waals surface area contributed by atoms with Crippen LogP contribution in [0.2, 0.25) is 0 Å². The van der Waals surface area contributed by atoms with Crippen LogP contribution in [0.25, 0.3) is 0 Å². The molecule has 1 saturated heterocycles. The molecule has 1 unspecified atom stereocenters. The fourth-order valence-electron chi connectivity index (χ4n) is 2.80. The van der Waals surface area contributed by atoms with E-state index in [1.165, 1.54) is 19.4 Å². The van der Waals surface area contributed by atoms with Gasteiger partial charge < -0.3 is 15.0 Å². The maximum absolute atomic E-state index is 5.87. The predicted octanol–water partition coefficient (Wildman–Crippen LogP) is 2.72. The quantitative estimate of drug-likeness (QED) is 0.798. The third kappa shape index (κ3) is 4.84. The van der Waals surface area contributed by atoms with Crippen molar-refractivity contribution in [1.82, 2.24) is 14.9 Å². The second-order valence-corrected chi connectivity index (χ2v) is 5.70. The van der Waals surface area contributed by atoms with Gasteiger partial charge in [0.05, 0.1) is 6.61 Å². The van der Waals surface area contributed by atoms with Crippen molar-refractivity contribution < 1.29 is 4.74 Å². The van der Waals surface area contributed by atoms with Gasteiger partial charge in [-0.15, -0.1) is 0 Å². The molecular weight excluding hydrogens is 264 g/mol. The van der Waals surface area contributed by atoms with E-state index < -0.39 is 0 Å². The van der Waals surface area contributed by atoms with E-state index in [0.29, 0.717) is 11.9 Å². The van der Waals surface area contributed by atoms with E-state index in [1.807, 2.05) is 6.07 Å². The van der Waals surface area contributed by atoms with Gasteiger partial charge in [-0.05, 0) is 46.2 Å². The first-order valence-electron chi connectivity index (χ1n) is 8.17. The zero-order valence-electron chi connectivity index (χ0n) is 13.6. The first-order valence-corrected chi connectivity index (χ1v) is 8.17. The molecule has 1 N–H and O–H groups in total. The molecule has 1 aliphatic heterocycles. The Morgan fingerprint density at radius 2 is 2.24 bits per heavy atom. The monoisotopic (exact) mass is 292 g/mol. The van der Waals surface area contributed by atoms with Gasteiger partial charge in [-0.2, -0.15) is 4.98 Å². The Morgan fingerprint density at radius 3 is 2.90 bits per heavy atom. The zero-order chi connectivity index (χ0) is 15.1. The minimum atomic E-state index is 0.662. The standard InChI is InChI=1S/C16H28N4O/c1-4-7-14-18-15(17-5-2)12-16(19-14)21-11-9-13-8-6-10-20(13)3/h12-13H,4-11H2,1-3H3,(H,17,18,19). The highest BCUT2D eigenvalue weighted by atomic mass is 16.5. The minimum absolute atomic E-state index is 0.662. The number of rotatable bonds is 8. The van der Waals surface area contributed by atoms with Crippen LogP contribution in [0.1, 0.15) is 45.4 Å². The molecule has 1 aromatic rings. The number of ether oxygens (including phenoxy) is 1. The van der Waals surface area contributed by atoms with Crippen molar-refractivity contribution in [3.8, 4) is 5.88 Å². The lowest BCUT2D eigenvalue weighted by Crippen LogP contribution is -2.26. The first-order chi connectivity index (χ1) is 10.2. The lowest BCUT2D eigenvalue weighted by atomic mass is 10.1. The lowest BCUT2D eigenvalue weighted by molar-refractivity contribution is 0.228. The first kappa shape index (κ1) is 16.0. The minimum Gasteiger partial charge on any atom is -0.477 e. The molecule has 0 aliphatic carbocycles. The maximum atomic E-state index is 5.87. The molecule has 1 aliphatic rings. The molecule has 2 heterocycles. The number of aromatic nitrogens is 2. The number of anilines is 1. The van der Waals surface area contributed by atoms with Gasteiger partial charge in [0.25, 0.3) is 0 Å². The molecule has 2 rings (SSSR count). The molecule has 1 atom stereocenters. The molecule has 5 nitrogen and oxygen atoms in total. The highest BCUT2D eigenvalue weighted by Crippen LogP contribution is 2.19. The second-order valence-electron chi connectivity index (χ2n) is 5.70. The van der Waals surface area contributed by atoms with Crippen molar-refractivity contribution in [2.45, 2.75) is 52.0 Å². The van der Waals surface area contributed by atoms with Gasteiger partial charge in [0.1, 0.15) is 11.6 Å². The number of hydrogen-bond acceptors (Lipinski definition) is 5. The summed E-state index contributed by atoms with van der Waals surface area (Å²) in [6, 6.07) is 2.57. The Kier molecular flexibility index (Phi) is 6.23. The average Bonchev–Trinajstić information content (AvgIpc) is 2.85. The molecule has 0 aromatic carbocycles. The van der Waals surface area contributed by atoms with Crippen molar-refractivity contribution in [1.29, 1.82) is 0 Å². The van der Waals surface area contributed by atoms with Crippen molar-refractivity contribution >= 4 is 5.82 Å². The van der Waals surface area contributed by atoms with Gasteiger partial charge in [0.15, 0.2) is 0 Å². The van der Waals surface area contributed by atoms with Crippen LogP contribution >= 0.6 is 0 Å². The molecule has 0 amide bonds. The zero-order valence-corrected chi connectivity index (χ0v) is 13.6. The van der Waals surface area contributed by atoms with E-state index in [9.17, 15) is 0 Å². The third-order valence-electron chi connectivity index (χ3n) is 3.95. The summed E-state index contributed by atoms with van der Waals surface area (Å²) in [6.07, 6.45) is 5.59. The van der Waals surface area contributed by atoms with E-state index in [4.69, 9.17) is 4.74 Å². The smallest absolute Gasteiger partial charge is 0.218 e. The highest BCUT2D eigenvalue weighted by Gasteiger charge is 2.20. The summed E-state index contributed by atoms with van der Waals surface area (Å²) in [5, 5.41) is 3.25. The Morgan fingerprint density at radius 1 is 1.38 bits per heavy atom. The number of nitrogens with zero attached hydrogens (tertiary/aromatic N) is 3. The maximum Gasteiger partial charge on any atom is 0.218 e. The number of aryl methyl sites for hydroxylation is 1. The molecule has 0 spiro atoms. The summed E-state index contributed by atoms with van der Waals surface area (Å²) in [5.41, 5.74) is 0. The number of hydrogen-bond donors (Lipinski definition) is 1. The summed E-state index contributed by atoms with van der Waals surface area (Å²) in [5.74, 6) is 2.43. The summed E-state index contributed by atoms with van der Waals surface area (Å²) in [6.45, 7) is 7.00. The third-order valence-corrected chi connectivity index (χ3v) is 3.95. The second kappa shape index (κ2) is 8.17. The van der Waals surface area contributed by atoms with E-state index in [0.717, 1.165) is 44.1 Å². The van der Waals surface area contributed by atoms with Crippen LogP contribution in [0.3, 0.4) is 0 Å². The Bertz CT molecular complexity index is 414. The van der Waals surface area contributed by atoms with E-state index in [2.05, 4.69) is 41.1 Å². The molecule has 1 aromatic heterocycles. The van der Waals surface area contributed by atoms with Crippen molar-refractivity contribution in [2.24, 2.45) is 0 Å². The molecular formula is C16H28N4O. The summed E-state index contributed by atoms with van der Waals surface area (Å²) in [7, 11) is 2.20. The van der Waals surface area contributed by atoms with Gasteiger partial charge in [0, 0.05) is 25.1 Å². The molecule has 0 bridgehead atoms. The molecule has 1 fully saturated rings. The largest absolute Gasteiger partial charge is 0.477 e. The fraction of sp³-hybridized carbons (Fsp3) is 0.750. The molecule has 0 radical (unpaired) electrons. The van der Waals surface area contributed by atoms with Gasteiger partial charge in [-0.25, -0.2) is 4.98 Å². The fourth-order valence-corrected chi connectivity index (χ4v) is 2.80. The predicted molar refractivity (Wildman–Crippen MR) is 86.0 cm³/mol. The highest BCUT2D eigenvalue weighted by molar-refractivity contribution is 5.38. The SMILES string of the molecule is CCCc1nc(NCC)cc(OCCC2CCCN2C)n1. The van der Waals surface area contributed by atoms with Gasteiger partial charge in [0.2, 0.25) is 5.88 Å². The summed E-state index contributed by atoms with van der Waals surface area (Å²) >= 11 is 0. The van der Waals surface area contributed by atoms with Crippen molar-refractivity contribution in [2.75, 3.05) is 32.1 Å².